The minimum atomic E-state index is -0.900. The predicted octanol–water partition coefficient (Wildman–Crippen LogP) is 4.41. The smallest absolute Gasteiger partial charge is 0.398 e. The number of hydrogen-bond acceptors (Lipinski definition) is 3. The fourth-order valence-corrected chi connectivity index (χ4v) is 4.40. The van der Waals surface area contributed by atoms with Crippen molar-refractivity contribution in [1.82, 2.24) is 5.32 Å². The van der Waals surface area contributed by atoms with E-state index < -0.39 is 18.3 Å². The van der Waals surface area contributed by atoms with Gasteiger partial charge in [0.1, 0.15) is 5.73 Å². The van der Waals surface area contributed by atoms with E-state index in [0.717, 1.165) is 49.9 Å². The van der Waals surface area contributed by atoms with E-state index >= 15 is 4.39 Å². The normalized spacial score (nSPS) is 26.9. The van der Waals surface area contributed by atoms with Gasteiger partial charge in [-0.05, 0) is 94.6 Å². The quantitative estimate of drug-likeness (QED) is 0.796. The summed E-state index contributed by atoms with van der Waals surface area (Å²) >= 11 is 0. The molecule has 0 radical (unpaired) electrons. The zero-order chi connectivity index (χ0) is 18.5. The van der Waals surface area contributed by atoms with Gasteiger partial charge in [0, 0.05) is 0 Å². The molecule has 2 aliphatic heterocycles. The Hall–Kier alpha value is -1.17. The molecule has 0 atom stereocenters. The average molecular weight is 357 g/mol. The molecule has 0 bridgehead atoms. The summed E-state index contributed by atoms with van der Waals surface area (Å²) in [5, 5.41) is 3.43. The minimum Gasteiger partial charge on any atom is -0.398 e. The Labute approximate surface area is 156 Å². The highest BCUT2D eigenvalue weighted by molar-refractivity contribution is 6.55. The van der Waals surface area contributed by atoms with Crippen LogP contribution in [0.4, 0.5) is 4.39 Å². The van der Waals surface area contributed by atoms with Gasteiger partial charge in [0.2, 0.25) is 0 Å². The molecule has 0 spiro atoms. The van der Waals surface area contributed by atoms with Gasteiger partial charge in [-0.15, -0.1) is 0 Å². The van der Waals surface area contributed by atoms with Crippen LogP contribution in [0.15, 0.2) is 23.9 Å². The number of halogens is 1. The second-order valence-electron chi connectivity index (χ2n) is 8.81. The summed E-state index contributed by atoms with van der Waals surface area (Å²) in [6.45, 7) is 9.98. The largest absolute Gasteiger partial charge is 0.525 e. The number of hydrogen-bond donors (Lipinski definition) is 1. The molecule has 2 heterocycles. The molecule has 2 saturated heterocycles. The van der Waals surface area contributed by atoms with Crippen molar-refractivity contribution in [2.45, 2.75) is 70.5 Å². The van der Waals surface area contributed by atoms with Crippen molar-refractivity contribution >= 4 is 12.7 Å². The topological polar surface area (TPSA) is 30.5 Å². The van der Waals surface area contributed by atoms with E-state index in [1.165, 1.54) is 11.1 Å². The number of fused-ring (bicyclic) bond motifs is 1. The predicted molar refractivity (Wildman–Crippen MR) is 104 cm³/mol. The number of nitrogens with one attached hydrogen (secondary N) is 1. The molecule has 0 amide bonds. The van der Waals surface area contributed by atoms with Crippen LogP contribution in [-0.2, 0) is 15.7 Å². The van der Waals surface area contributed by atoms with E-state index in [9.17, 15) is 0 Å². The van der Waals surface area contributed by atoms with Gasteiger partial charge in [0.15, 0.2) is 0 Å². The Balaban J connectivity index is 1.67. The Morgan fingerprint density at radius 1 is 1.08 bits per heavy atom. The molecule has 0 unspecified atom stereocenters. The summed E-state index contributed by atoms with van der Waals surface area (Å²) in [6, 6.07) is 6.39. The lowest BCUT2D eigenvalue weighted by atomic mass is 9.82. The second-order valence-corrected chi connectivity index (χ2v) is 8.81. The zero-order valence-corrected chi connectivity index (χ0v) is 16.3. The summed E-state index contributed by atoms with van der Waals surface area (Å²) in [6.07, 6.45) is 3.97. The third kappa shape index (κ3) is 2.94. The summed E-state index contributed by atoms with van der Waals surface area (Å²) in [5.74, 6) is 0.588. The molecule has 0 aromatic heterocycles. The van der Waals surface area contributed by atoms with Crippen LogP contribution in [0.25, 0.3) is 5.57 Å². The first kappa shape index (κ1) is 18.2. The van der Waals surface area contributed by atoms with Gasteiger partial charge in [-0.25, -0.2) is 4.39 Å². The van der Waals surface area contributed by atoms with Crippen LogP contribution in [-0.4, -0.2) is 31.4 Å². The zero-order valence-electron chi connectivity index (χ0n) is 16.3. The maximum absolute atomic E-state index is 15.4. The van der Waals surface area contributed by atoms with Crippen LogP contribution in [0.1, 0.15) is 69.6 Å². The van der Waals surface area contributed by atoms with Crippen molar-refractivity contribution in [2.75, 3.05) is 13.1 Å². The van der Waals surface area contributed by atoms with E-state index in [1.54, 1.807) is 0 Å². The molecule has 0 saturated carbocycles. The van der Waals surface area contributed by atoms with Crippen LogP contribution in [0.5, 0.6) is 0 Å². The first-order valence-corrected chi connectivity index (χ1v) is 9.87. The lowest BCUT2D eigenvalue weighted by molar-refractivity contribution is 0.00578. The number of rotatable bonds is 2. The first-order chi connectivity index (χ1) is 12.3. The van der Waals surface area contributed by atoms with Crippen LogP contribution in [0.3, 0.4) is 0 Å². The highest BCUT2D eigenvalue weighted by atomic mass is 19.1. The molecule has 1 aromatic carbocycles. The SMILES string of the molecule is CC1(C)OB(C(F)=C2CCc3c2cccc3C2CCNCC2)OC1(C)C. The van der Waals surface area contributed by atoms with Gasteiger partial charge in [-0.1, -0.05) is 18.2 Å². The Kier molecular flexibility index (Phi) is 4.53. The summed E-state index contributed by atoms with van der Waals surface area (Å²) in [5.41, 5.74) is 3.30. The van der Waals surface area contributed by atoms with Gasteiger partial charge in [-0.3, -0.25) is 0 Å². The average Bonchev–Trinajstić information content (AvgIpc) is 3.13. The Bertz CT molecular complexity index is 722. The van der Waals surface area contributed by atoms with Gasteiger partial charge in [-0.2, -0.15) is 0 Å². The van der Waals surface area contributed by atoms with Gasteiger partial charge >= 0.3 is 7.12 Å². The molecule has 140 valence electrons. The standard InChI is InChI=1S/C21H29BFNO2/c1-20(2)21(3,4)26-22(25-20)19(23)18-9-8-17-15(6-5-7-16(17)18)14-10-12-24-13-11-14/h5-7,14,24H,8-13H2,1-4H3. The van der Waals surface area contributed by atoms with Crippen molar-refractivity contribution < 1.29 is 13.7 Å². The van der Waals surface area contributed by atoms with Crippen LogP contribution < -0.4 is 5.32 Å². The number of piperidine rings is 1. The van der Waals surface area contributed by atoms with Crippen LogP contribution >= 0.6 is 0 Å². The fraction of sp³-hybridized carbons (Fsp3) is 0.619. The van der Waals surface area contributed by atoms with Crippen molar-refractivity contribution in [3.63, 3.8) is 0 Å². The maximum Gasteiger partial charge on any atom is 0.525 e. The van der Waals surface area contributed by atoms with E-state index in [4.69, 9.17) is 9.31 Å². The summed E-state index contributed by atoms with van der Waals surface area (Å²) in [4.78, 5) is 0. The van der Waals surface area contributed by atoms with Gasteiger partial charge in [0.05, 0.1) is 11.2 Å². The van der Waals surface area contributed by atoms with E-state index in [2.05, 4.69) is 23.5 Å². The summed E-state index contributed by atoms with van der Waals surface area (Å²) < 4.78 is 27.2. The lowest BCUT2D eigenvalue weighted by Gasteiger charge is -2.32. The molecule has 1 aliphatic carbocycles. The summed E-state index contributed by atoms with van der Waals surface area (Å²) in [7, 11) is -0.900. The monoisotopic (exact) mass is 357 g/mol. The fourth-order valence-electron chi connectivity index (χ4n) is 4.40. The molecule has 1 aromatic rings. The van der Waals surface area contributed by atoms with Crippen LogP contribution in [0, 0.1) is 0 Å². The third-order valence-corrected chi connectivity index (χ3v) is 6.69. The molecule has 5 heteroatoms. The third-order valence-electron chi connectivity index (χ3n) is 6.69. The van der Waals surface area contributed by atoms with Crippen molar-refractivity contribution in [3.8, 4) is 0 Å². The number of benzene rings is 1. The van der Waals surface area contributed by atoms with E-state index in [1.807, 2.05) is 27.7 Å². The van der Waals surface area contributed by atoms with Crippen molar-refractivity contribution in [1.29, 1.82) is 0 Å². The van der Waals surface area contributed by atoms with Crippen molar-refractivity contribution in [2.24, 2.45) is 0 Å². The lowest BCUT2D eigenvalue weighted by Crippen LogP contribution is -2.41. The Morgan fingerprint density at radius 2 is 1.73 bits per heavy atom. The first-order valence-electron chi connectivity index (χ1n) is 9.87. The molecular formula is C21H29BFNO2. The molecule has 3 aliphatic rings. The van der Waals surface area contributed by atoms with E-state index in [0.29, 0.717) is 5.92 Å². The minimum absolute atomic E-state index is 0.245. The van der Waals surface area contributed by atoms with E-state index in [-0.39, 0.29) is 5.73 Å². The number of allylic oxidation sites excluding steroid dienone is 1. The maximum atomic E-state index is 15.4. The molecule has 2 fully saturated rings. The highest BCUT2D eigenvalue weighted by Crippen LogP contribution is 2.44. The molecule has 4 rings (SSSR count). The second kappa shape index (κ2) is 6.47. The van der Waals surface area contributed by atoms with Gasteiger partial charge < -0.3 is 14.6 Å². The Morgan fingerprint density at radius 3 is 2.38 bits per heavy atom. The molecule has 1 N–H and O–H groups in total. The van der Waals surface area contributed by atoms with Gasteiger partial charge in [0.25, 0.3) is 0 Å². The van der Waals surface area contributed by atoms with Crippen molar-refractivity contribution in [3.05, 3.63) is 40.6 Å². The molecule has 26 heavy (non-hydrogen) atoms. The molecular weight excluding hydrogens is 328 g/mol. The molecule has 3 nitrogen and oxygen atoms in total. The highest BCUT2D eigenvalue weighted by Gasteiger charge is 2.53. The van der Waals surface area contributed by atoms with Crippen LogP contribution in [0.2, 0.25) is 0 Å².